The molecule has 0 radical (unpaired) electrons. The average Bonchev–Trinajstić information content (AvgIpc) is 2.29. The van der Waals surface area contributed by atoms with Gasteiger partial charge < -0.3 is 10.2 Å². The van der Waals surface area contributed by atoms with Crippen LogP contribution in [0.2, 0.25) is 0 Å². The second-order valence-corrected chi connectivity index (χ2v) is 5.53. The molecule has 0 aromatic carbocycles. The van der Waals surface area contributed by atoms with Crippen molar-refractivity contribution in [3.05, 3.63) is 0 Å². The monoisotopic (exact) mass is 226 g/mol. The maximum Gasteiger partial charge on any atom is 0.00938 e. The third kappa shape index (κ3) is 4.84. The van der Waals surface area contributed by atoms with E-state index in [-0.39, 0.29) is 0 Å². The molecular weight excluding hydrogens is 196 g/mol. The van der Waals surface area contributed by atoms with Crippen LogP contribution in [0.15, 0.2) is 0 Å². The summed E-state index contributed by atoms with van der Waals surface area (Å²) in [6, 6.07) is 1.45. The first-order chi connectivity index (χ1) is 7.65. The second kappa shape index (κ2) is 7.29. The topological polar surface area (TPSA) is 15.3 Å². The van der Waals surface area contributed by atoms with Gasteiger partial charge in [0.1, 0.15) is 0 Å². The molecule has 0 spiro atoms. The van der Waals surface area contributed by atoms with Crippen molar-refractivity contribution < 1.29 is 0 Å². The van der Waals surface area contributed by atoms with E-state index in [0.29, 0.717) is 6.04 Å². The molecule has 1 aliphatic heterocycles. The van der Waals surface area contributed by atoms with Gasteiger partial charge in [0.25, 0.3) is 0 Å². The Kier molecular flexibility index (Phi) is 6.37. The van der Waals surface area contributed by atoms with Crippen LogP contribution in [0.3, 0.4) is 0 Å². The highest BCUT2D eigenvalue weighted by Gasteiger charge is 2.19. The highest BCUT2D eigenvalue weighted by molar-refractivity contribution is 4.79. The highest BCUT2D eigenvalue weighted by Crippen LogP contribution is 2.14. The van der Waals surface area contributed by atoms with Crippen molar-refractivity contribution in [2.24, 2.45) is 5.92 Å². The minimum absolute atomic E-state index is 0.688. The number of rotatable bonds is 6. The third-order valence-corrected chi connectivity index (χ3v) is 4.01. The zero-order chi connectivity index (χ0) is 12.0. The first kappa shape index (κ1) is 14.0. The Bertz CT molecular complexity index is 174. The van der Waals surface area contributed by atoms with Gasteiger partial charge in [-0.1, -0.05) is 27.2 Å². The van der Waals surface area contributed by atoms with Gasteiger partial charge in [-0.05, 0) is 51.7 Å². The predicted octanol–water partition coefficient (Wildman–Crippen LogP) is 2.89. The fourth-order valence-corrected chi connectivity index (χ4v) is 2.66. The van der Waals surface area contributed by atoms with Gasteiger partial charge in [0, 0.05) is 12.1 Å². The zero-order valence-corrected chi connectivity index (χ0v) is 11.6. The Morgan fingerprint density at radius 3 is 2.31 bits per heavy atom. The summed E-state index contributed by atoms with van der Waals surface area (Å²) in [6.45, 7) is 13.0. The molecule has 0 aromatic rings. The van der Waals surface area contributed by atoms with Crippen LogP contribution in [0.25, 0.3) is 0 Å². The summed E-state index contributed by atoms with van der Waals surface area (Å²) < 4.78 is 0. The maximum absolute atomic E-state index is 3.80. The van der Waals surface area contributed by atoms with Crippen molar-refractivity contribution in [1.29, 1.82) is 0 Å². The van der Waals surface area contributed by atoms with Crippen LogP contribution in [-0.4, -0.2) is 36.6 Å². The van der Waals surface area contributed by atoms with Crippen LogP contribution in [0.5, 0.6) is 0 Å². The molecule has 1 heterocycles. The van der Waals surface area contributed by atoms with Crippen LogP contribution in [0.1, 0.15) is 53.4 Å². The largest absolute Gasteiger partial charge is 0.311 e. The molecule has 2 atom stereocenters. The quantitative estimate of drug-likeness (QED) is 0.749. The van der Waals surface area contributed by atoms with Crippen LogP contribution >= 0.6 is 0 Å². The summed E-state index contributed by atoms with van der Waals surface area (Å²) in [4.78, 5) is 2.55. The summed E-state index contributed by atoms with van der Waals surface area (Å²) in [5, 5.41) is 3.80. The van der Waals surface area contributed by atoms with Gasteiger partial charge in [-0.25, -0.2) is 0 Å². The van der Waals surface area contributed by atoms with E-state index in [2.05, 4.69) is 37.9 Å². The summed E-state index contributed by atoms with van der Waals surface area (Å²) in [5.41, 5.74) is 0. The number of hydrogen-bond acceptors (Lipinski definition) is 2. The Hall–Kier alpha value is -0.0800. The molecular formula is C14H30N2. The Labute approximate surface area is 102 Å². The first-order valence-corrected chi connectivity index (χ1v) is 7.14. The van der Waals surface area contributed by atoms with Gasteiger partial charge in [0.2, 0.25) is 0 Å². The van der Waals surface area contributed by atoms with Gasteiger partial charge in [0.05, 0.1) is 0 Å². The van der Waals surface area contributed by atoms with Crippen molar-refractivity contribution >= 4 is 0 Å². The highest BCUT2D eigenvalue weighted by atomic mass is 15.1. The summed E-state index contributed by atoms with van der Waals surface area (Å²) in [5.74, 6) is 0.859. The van der Waals surface area contributed by atoms with E-state index in [1.807, 2.05) is 0 Å². The van der Waals surface area contributed by atoms with Crippen molar-refractivity contribution in [2.45, 2.75) is 65.5 Å². The average molecular weight is 226 g/mol. The molecule has 1 N–H and O–H groups in total. The molecule has 2 heteroatoms. The first-order valence-electron chi connectivity index (χ1n) is 7.14. The zero-order valence-electron chi connectivity index (χ0n) is 11.6. The summed E-state index contributed by atoms with van der Waals surface area (Å²) in [6.07, 6.45) is 5.29. The van der Waals surface area contributed by atoms with Crippen LogP contribution in [0, 0.1) is 5.92 Å². The number of hydrogen-bond donors (Lipinski definition) is 1. The second-order valence-electron chi connectivity index (χ2n) is 5.53. The number of likely N-dealkylation sites (tertiary alicyclic amines) is 1. The van der Waals surface area contributed by atoms with E-state index < -0.39 is 0 Å². The fraction of sp³-hybridized carbons (Fsp3) is 1.00. The van der Waals surface area contributed by atoms with Crippen molar-refractivity contribution in [2.75, 3.05) is 19.6 Å². The van der Waals surface area contributed by atoms with E-state index in [1.165, 1.54) is 45.3 Å². The molecule has 2 nitrogen and oxygen atoms in total. The molecule has 16 heavy (non-hydrogen) atoms. The Morgan fingerprint density at radius 1 is 1.19 bits per heavy atom. The lowest BCUT2D eigenvalue weighted by Crippen LogP contribution is -2.45. The molecule has 2 unspecified atom stereocenters. The predicted molar refractivity (Wildman–Crippen MR) is 71.8 cm³/mol. The van der Waals surface area contributed by atoms with E-state index in [0.717, 1.165) is 12.0 Å². The normalized spacial score (nSPS) is 23.2. The van der Waals surface area contributed by atoms with Crippen LogP contribution < -0.4 is 5.32 Å². The van der Waals surface area contributed by atoms with Crippen LogP contribution in [-0.2, 0) is 0 Å². The van der Waals surface area contributed by atoms with Gasteiger partial charge in [-0.2, -0.15) is 0 Å². The summed E-state index contributed by atoms with van der Waals surface area (Å²) >= 11 is 0. The van der Waals surface area contributed by atoms with Gasteiger partial charge >= 0.3 is 0 Å². The van der Waals surface area contributed by atoms with E-state index in [1.54, 1.807) is 0 Å². The Balaban J connectivity index is 2.17. The lowest BCUT2D eigenvalue weighted by Gasteiger charge is -2.33. The standard InChI is InChI=1S/C14H30N2/c1-5-12(3)11-13(4)15-14-7-9-16(6-2)10-8-14/h12-15H,5-11H2,1-4H3. The van der Waals surface area contributed by atoms with Crippen molar-refractivity contribution in [3.8, 4) is 0 Å². The number of nitrogens with one attached hydrogen (secondary N) is 1. The molecule has 0 aliphatic carbocycles. The van der Waals surface area contributed by atoms with E-state index in [9.17, 15) is 0 Å². The third-order valence-electron chi connectivity index (χ3n) is 4.01. The van der Waals surface area contributed by atoms with Gasteiger partial charge in [-0.3, -0.25) is 0 Å². The van der Waals surface area contributed by atoms with Crippen molar-refractivity contribution in [3.63, 3.8) is 0 Å². The minimum atomic E-state index is 0.688. The van der Waals surface area contributed by atoms with E-state index in [4.69, 9.17) is 0 Å². The Morgan fingerprint density at radius 2 is 1.81 bits per heavy atom. The van der Waals surface area contributed by atoms with Crippen LogP contribution in [0.4, 0.5) is 0 Å². The molecule has 96 valence electrons. The van der Waals surface area contributed by atoms with Gasteiger partial charge in [-0.15, -0.1) is 0 Å². The molecule has 1 saturated heterocycles. The smallest absolute Gasteiger partial charge is 0.00938 e. The van der Waals surface area contributed by atoms with E-state index >= 15 is 0 Å². The number of piperidine rings is 1. The fourth-order valence-electron chi connectivity index (χ4n) is 2.66. The minimum Gasteiger partial charge on any atom is -0.311 e. The summed E-state index contributed by atoms with van der Waals surface area (Å²) in [7, 11) is 0. The number of nitrogens with zero attached hydrogens (tertiary/aromatic N) is 1. The maximum atomic E-state index is 3.80. The molecule has 0 aromatic heterocycles. The molecule has 0 bridgehead atoms. The lowest BCUT2D eigenvalue weighted by atomic mass is 9.98. The van der Waals surface area contributed by atoms with Gasteiger partial charge in [0.15, 0.2) is 0 Å². The molecule has 1 aliphatic rings. The molecule has 1 fully saturated rings. The van der Waals surface area contributed by atoms with Crippen molar-refractivity contribution in [1.82, 2.24) is 10.2 Å². The SMILES string of the molecule is CCC(C)CC(C)NC1CCN(CC)CC1. The lowest BCUT2D eigenvalue weighted by molar-refractivity contribution is 0.196. The molecule has 1 rings (SSSR count). The molecule has 0 amide bonds. The molecule has 0 saturated carbocycles.